The van der Waals surface area contributed by atoms with E-state index in [9.17, 15) is 31.2 Å². The van der Waals surface area contributed by atoms with Gasteiger partial charge in [0, 0.05) is 28.7 Å². The first-order valence-electron chi connectivity index (χ1n) is 12.9. The average Bonchev–Trinajstić information content (AvgIpc) is 2.94. The van der Waals surface area contributed by atoms with Crippen LogP contribution in [0.15, 0.2) is 77.7 Å². The van der Waals surface area contributed by atoms with Crippen LogP contribution in [0, 0.1) is 5.92 Å². The van der Waals surface area contributed by atoms with Gasteiger partial charge in [-0.3, -0.25) is 13.9 Å². The van der Waals surface area contributed by atoms with Gasteiger partial charge < -0.3 is 10.2 Å². The molecule has 0 aliphatic heterocycles. The third-order valence-electron chi connectivity index (χ3n) is 6.31. The number of sulfonamides is 1. The molecule has 0 aliphatic rings. The summed E-state index contributed by atoms with van der Waals surface area (Å²) in [7, 11) is -4.54. The minimum Gasteiger partial charge on any atom is -0.354 e. The molecule has 3 rings (SSSR count). The molecule has 13 heteroatoms. The normalized spacial score (nSPS) is 12.6. The van der Waals surface area contributed by atoms with E-state index in [-0.39, 0.29) is 33.1 Å². The fourth-order valence-corrected chi connectivity index (χ4v) is 5.92. The van der Waals surface area contributed by atoms with Crippen LogP contribution in [0.2, 0.25) is 10.0 Å². The number of anilines is 1. The molecule has 7 nitrogen and oxygen atoms in total. The van der Waals surface area contributed by atoms with E-state index in [1.165, 1.54) is 31.2 Å². The number of carbonyl (C=O) groups is 2. The summed E-state index contributed by atoms with van der Waals surface area (Å²) in [4.78, 5) is 27.8. The van der Waals surface area contributed by atoms with Crippen molar-refractivity contribution >= 4 is 50.7 Å². The monoisotopic (exact) mass is 643 g/mol. The lowest BCUT2D eigenvalue weighted by Crippen LogP contribution is -2.51. The van der Waals surface area contributed by atoms with Gasteiger partial charge in [-0.2, -0.15) is 13.2 Å². The van der Waals surface area contributed by atoms with E-state index < -0.39 is 46.2 Å². The summed E-state index contributed by atoms with van der Waals surface area (Å²) in [6, 6.07) is 14.3. The summed E-state index contributed by atoms with van der Waals surface area (Å²) >= 11 is 12.7. The van der Waals surface area contributed by atoms with Crippen molar-refractivity contribution in [3.8, 4) is 0 Å². The molecule has 0 aromatic heterocycles. The Labute approximate surface area is 253 Å². The van der Waals surface area contributed by atoms with E-state index in [4.69, 9.17) is 23.2 Å². The van der Waals surface area contributed by atoms with Crippen LogP contribution >= 0.6 is 23.2 Å². The minimum absolute atomic E-state index is 0.107. The van der Waals surface area contributed by atoms with Crippen LogP contribution in [0.4, 0.5) is 18.9 Å². The number of nitrogens with zero attached hydrogens (tertiary/aromatic N) is 2. The first-order valence-corrected chi connectivity index (χ1v) is 15.1. The molecule has 0 bridgehead atoms. The van der Waals surface area contributed by atoms with Gasteiger partial charge in [0.2, 0.25) is 11.8 Å². The molecule has 0 saturated heterocycles. The lowest BCUT2D eigenvalue weighted by Gasteiger charge is -2.32. The number of nitrogens with one attached hydrogen (secondary N) is 1. The van der Waals surface area contributed by atoms with Crippen molar-refractivity contribution in [1.29, 1.82) is 0 Å². The molecule has 0 saturated carbocycles. The van der Waals surface area contributed by atoms with Crippen molar-refractivity contribution in [3.63, 3.8) is 0 Å². The van der Waals surface area contributed by atoms with Crippen LogP contribution in [-0.2, 0) is 32.3 Å². The molecule has 0 unspecified atom stereocenters. The van der Waals surface area contributed by atoms with Crippen LogP contribution in [0.25, 0.3) is 0 Å². The van der Waals surface area contributed by atoms with Gasteiger partial charge in [0.15, 0.2) is 0 Å². The zero-order chi connectivity index (χ0) is 31.2. The summed E-state index contributed by atoms with van der Waals surface area (Å²) in [6.45, 7) is 4.37. The highest BCUT2D eigenvalue weighted by atomic mass is 35.5. The van der Waals surface area contributed by atoms with Crippen LogP contribution in [0.5, 0.6) is 0 Å². The summed E-state index contributed by atoms with van der Waals surface area (Å²) in [5.41, 5.74) is -1.16. The van der Waals surface area contributed by atoms with Crippen LogP contribution in [-0.4, -0.2) is 44.3 Å². The van der Waals surface area contributed by atoms with E-state index in [1.807, 2.05) is 13.8 Å². The molecule has 3 aromatic rings. The van der Waals surface area contributed by atoms with Crippen molar-refractivity contribution in [2.75, 3.05) is 17.4 Å². The van der Waals surface area contributed by atoms with Crippen molar-refractivity contribution in [2.24, 2.45) is 5.92 Å². The summed E-state index contributed by atoms with van der Waals surface area (Å²) < 4.78 is 68.8. The maximum atomic E-state index is 13.9. The zero-order valence-corrected chi connectivity index (χ0v) is 25.4. The fraction of sp³-hybridized carbons (Fsp3) is 0.310. The van der Waals surface area contributed by atoms with E-state index in [0.717, 1.165) is 23.1 Å². The maximum Gasteiger partial charge on any atom is 0.416 e. The molecule has 1 atom stereocenters. The molecule has 0 spiro atoms. The van der Waals surface area contributed by atoms with Gasteiger partial charge in [0.25, 0.3) is 10.0 Å². The topological polar surface area (TPSA) is 86.8 Å². The van der Waals surface area contributed by atoms with E-state index in [2.05, 4.69) is 5.32 Å². The van der Waals surface area contributed by atoms with Gasteiger partial charge >= 0.3 is 6.18 Å². The van der Waals surface area contributed by atoms with Crippen LogP contribution in [0.1, 0.15) is 31.9 Å². The molecular formula is C29H30Cl2F3N3O4S. The minimum atomic E-state index is -4.77. The number of hydrogen-bond donors (Lipinski definition) is 1. The molecule has 0 radical (unpaired) electrons. The quantitative estimate of drug-likeness (QED) is 0.262. The smallest absolute Gasteiger partial charge is 0.354 e. The lowest BCUT2D eigenvalue weighted by molar-refractivity contribution is -0.139. The van der Waals surface area contributed by atoms with Gasteiger partial charge in [-0.1, -0.05) is 67.4 Å². The van der Waals surface area contributed by atoms with Crippen LogP contribution in [0.3, 0.4) is 0 Å². The molecule has 0 heterocycles. The predicted octanol–water partition coefficient (Wildman–Crippen LogP) is 6.40. The van der Waals surface area contributed by atoms with Gasteiger partial charge in [-0.15, -0.1) is 0 Å². The number of rotatable bonds is 11. The van der Waals surface area contributed by atoms with Crippen molar-refractivity contribution in [3.05, 3.63) is 94.0 Å². The van der Waals surface area contributed by atoms with Gasteiger partial charge in [0.05, 0.1) is 16.1 Å². The Morgan fingerprint density at radius 2 is 1.50 bits per heavy atom. The first-order chi connectivity index (χ1) is 19.6. The Bertz CT molecular complexity index is 1500. The lowest BCUT2D eigenvalue weighted by atomic mass is 10.1. The zero-order valence-electron chi connectivity index (χ0n) is 23.0. The number of halogens is 5. The second-order valence-corrected chi connectivity index (χ2v) is 12.6. The van der Waals surface area contributed by atoms with Gasteiger partial charge in [0.1, 0.15) is 12.6 Å². The molecular weight excluding hydrogens is 614 g/mol. The van der Waals surface area contributed by atoms with Crippen molar-refractivity contribution in [2.45, 2.75) is 44.4 Å². The van der Waals surface area contributed by atoms with Gasteiger partial charge in [-0.05, 0) is 55.3 Å². The number of amides is 2. The largest absolute Gasteiger partial charge is 0.416 e. The second-order valence-electron chi connectivity index (χ2n) is 9.91. The molecule has 1 N–H and O–H groups in total. The number of carbonyl (C=O) groups excluding carboxylic acids is 2. The van der Waals surface area contributed by atoms with E-state index in [1.54, 1.807) is 24.3 Å². The summed E-state index contributed by atoms with van der Waals surface area (Å²) in [5.74, 6) is -1.28. The molecule has 3 aromatic carbocycles. The van der Waals surface area contributed by atoms with Crippen molar-refractivity contribution in [1.82, 2.24) is 10.2 Å². The maximum absolute atomic E-state index is 13.9. The van der Waals surface area contributed by atoms with E-state index >= 15 is 0 Å². The summed E-state index contributed by atoms with van der Waals surface area (Å²) in [5, 5.41) is 3.16. The molecule has 42 heavy (non-hydrogen) atoms. The number of benzene rings is 3. The Morgan fingerprint density at radius 3 is 2.07 bits per heavy atom. The Morgan fingerprint density at radius 1 is 0.905 bits per heavy atom. The Hall–Kier alpha value is -3.28. The number of alkyl halides is 3. The predicted molar refractivity (Wildman–Crippen MR) is 157 cm³/mol. The SMILES string of the molecule is CC(C)CNC(=O)[C@@H](C)N(Cc1c(Cl)cccc1Cl)C(=O)CN(c1cccc(C(F)(F)F)c1)S(=O)(=O)c1ccccc1. The highest BCUT2D eigenvalue weighted by molar-refractivity contribution is 7.92. The molecule has 2 amide bonds. The third-order valence-corrected chi connectivity index (χ3v) is 8.81. The summed E-state index contributed by atoms with van der Waals surface area (Å²) in [6.07, 6.45) is -4.77. The average molecular weight is 645 g/mol. The highest BCUT2D eigenvalue weighted by Gasteiger charge is 2.35. The Kier molecular flexibility index (Phi) is 10.9. The second kappa shape index (κ2) is 13.8. The van der Waals surface area contributed by atoms with E-state index in [0.29, 0.717) is 22.5 Å². The highest BCUT2D eigenvalue weighted by Crippen LogP contribution is 2.34. The standard InChI is InChI=1S/C29H30Cl2F3N3O4S/c1-19(2)16-35-28(39)20(3)36(17-24-25(30)13-8-14-26(24)31)27(38)18-37(42(40,41)23-11-5-4-6-12-23)22-10-7-9-21(15-22)29(32,33)34/h4-15,19-20H,16-18H2,1-3H3,(H,35,39)/t20-/m1/s1. The fourth-order valence-electron chi connectivity index (χ4n) is 3.97. The van der Waals surface area contributed by atoms with Gasteiger partial charge in [-0.25, -0.2) is 8.42 Å². The number of hydrogen-bond acceptors (Lipinski definition) is 4. The molecule has 0 fully saturated rings. The first kappa shape index (κ1) is 33.2. The Balaban J connectivity index is 2.10. The molecule has 226 valence electrons. The van der Waals surface area contributed by atoms with Crippen molar-refractivity contribution < 1.29 is 31.2 Å². The molecule has 0 aliphatic carbocycles. The third kappa shape index (κ3) is 8.17. The van der Waals surface area contributed by atoms with Crippen LogP contribution < -0.4 is 9.62 Å².